The van der Waals surface area contributed by atoms with Crippen molar-refractivity contribution in [3.05, 3.63) is 56.3 Å². The van der Waals surface area contributed by atoms with E-state index in [4.69, 9.17) is 4.74 Å². The van der Waals surface area contributed by atoms with Crippen molar-refractivity contribution in [2.75, 3.05) is 5.32 Å². The number of carbonyl (C=O) groups excluding carboxylic acids is 1. The molecule has 0 unspecified atom stereocenters. The Morgan fingerprint density at radius 2 is 2.08 bits per heavy atom. The van der Waals surface area contributed by atoms with Gasteiger partial charge in [-0.05, 0) is 18.2 Å². The molecule has 9 heteroatoms. The number of para-hydroxylation sites is 1. The van der Waals surface area contributed by atoms with Crippen molar-refractivity contribution in [3.8, 4) is 17.0 Å². The number of anilines is 1. The third-order valence-corrected chi connectivity index (χ3v) is 5.39. The maximum atomic E-state index is 12.2. The summed E-state index contributed by atoms with van der Waals surface area (Å²) in [4.78, 5) is 28.1. The third kappa shape index (κ3) is 2.53. The number of hydrogen-bond donors (Lipinski definition) is 1. The summed E-state index contributed by atoms with van der Waals surface area (Å²) in [7, 11) is 0. The molecule has 1 N–H and O–H groups in total. The van der Waals surface area contributed by atoms with Crippen LogP contribution < -0.4 is 10.1 Å². The van der Waals surface area contributed by atoms with Gasteiger partial charge in [-0.3, -0.25) is 20.2 Å². The number of benzene rings is 1. The second-order valence-corrected chi connectivity index (χ2v) is 7.07. The number of nitrogens with zero attached hydrogens (tertiary/aromatic N) is 2. The summed E-state index contributed by atoms with van der Waals surface area (Å²) in [6.07, 6.45) is 0. The molecule has 3 heterocycles. The van der Waals surface area contributed by atoms with Crippen LogP contribution in [0.25, 0.3) is 11.3 Å². The van der Waals surface area contributed by atoms with E-state index >= 15 is 0 Å². The predicted molar refractivity (Wildman–Crippen MR) is 90.8 cm³/mol. The first-order chi connectivity index (χ1) is 11.6. The van der Waals surface area contributed by atoms with Crippen LogP contribution >= 0.6 is 22.7 Å². The first-order valence-electron chi connectivity index (χ1n) is 6.89. The number of hydrogen-bond acceptors (Lipinski definition) is 7. The van der Waals surface area contributed by atoms with Gasteiger partial charge in [0.05, 0.1) is 20.4 Å². The molecule has 120 valence electrons. The van der Waals surface area contributed by atoms with E-state index in [0.717, 1.165) is 33.2 Å². The molecule has 3 aromatic rings. The SMILES string of the molecule is O=C(Nc1nc2c(s1)COc1ccccc1-2)c1ccc([N+](=O)[O-])s1. The molecule has 0 fully saturated rings. The smallest absolute Gasteiger partial charge is 0.324 e. The number of aromatic nitrogens is 1. The Morgan fingerprint density at radius 1 is 1.25 bits per heavy atom. The Kier molecular flexibility index (Phi) is 3.51. The zero-order valence-electron chi connectivity index (χ0n) is 12.0. The van der Waals surface area contributed by atoms with Crippen LogP contribution in [0.2, 0.25) is 0 Å². The molecular formula is C15H9N3O4S2. The molecule has 0 aliphatic carbocycles. The standard InChI is InChI=1S/C15H9N3O4S2/c19-14(10-5-6-12(23-10)18(20)21)17-15-16-13-8-3-1-2-4-9(8)22-7-11(13)24-15/h1-6H,7H2,(H,16,17,19). The van der Waals surface area contributed by atoms with Crippen LogP contribution in [0.4, 0.5) is 10.1 Å². The van der Waals surface area contributed by atoms with Crippen molar-refractivity contribution in [2.24, 2.45) is 0 Å². The van der Waals surface area contributed by atoms with Crippen molar-refractivity contribution in [2.45, 2.75) is 6.61 Å². The van der Waals surface area contributed by atoms with Gasteiger partial charge in [-0.15, -0.1) is 0 Å². The number of fused-ring (bicyclic) bond motifs is 3. The summed E-state index contributed by atoms with van der Waals surface area (Å²) < 4.78 is 5.67. The zero-order chi connectivity index (χ0) is 16.7. The normalized spacial score (nSPS) is 12.0. The molecule has 1 amide bonds. The molecule has 0 spiro atoms. The highest BCUT2D eigenvalue weighted by Crippen LogP contribution is 2.40. The van der Waals surface area contributed by atoms with Crippen molar-refractivity contribution >= 4 is 38.7 Å². The Bertz CT molecular complexity index is 963. The van der Waals surface area contributed by atoms with E-state index in [9.17, 15) is 14.9 Å². The Labute approximate surface area is 143 Å². The highest BCUT2D eigenvalue weighted by molar-refractivity contribution is 7.18. The van der Waals surface area contributed by atoms with Gasteiger partial charge in [-0.1, -0.05) is 34.8 Å². The summed E-state index contributed by atoms with van der Waals surface area (Å²) >= 11 is 2.17. The molecule has 0 bridgehead atoms. The molecule has 7 nitrogen and oxygen atoms in total. The van der Waals surface area contributed by atoms with Crippen LogP contribution in [-0.2, 0) is 6.61 Å². The lowest BCUT2D eigenvalue weighted by atomic mass is 10.1. The van der Waals surface area contributed by atoms with Crippen LogP contribution in [0.3, 0.4) is 0 Å². The van der Waals surface area contributed by atoms with Crippen LogP contribution in [0.1, 0.15) is 14.5 Å². The average molecular weight is 359 g/mol. The lowest BCUT2D eigenvalue weighted by Crippen LogP contribution is -2.09. The molecule has 0 radical (unpaired) electrons. The number of carbonyl (C=O) groups is 1. The molecule has 0 atom stereocenters. The van der Waals surface area contributed by atoms with E-state index in [-0.39, 0.29) is 9.88 Å². The van der Waals surface area contributed by atoms with E-state index in [1.165, 1.54) is 23.5 Å². The lowest BCUT2D eigenvalue weighted by molar-refractivity contribution is -0.380. The first kappa shape index (κ1) is 14.8. The maximum Gasteiger partial charge on any atom is 0.324 e. The van der Waals surface area contributed by atoms with Crippen molar-refractivity contribution in [1.82, 2.24) is 4.98 Å². The second kappa shape index (κ2) is 5.69. The minimum Gasteiger partial charge on any atom is -0.487 e. The van der Waals surface area contributed by atoms with Crippen LogP contribution in [-0.4, -0.2) is 15.8 Å². The lowest BCUT2D eigenvalue weighted by Gasteiger charge is -2.15. The van der Waals surface area contributed by atoms with Gasteiger partial charge in [0.2, 0.25) is 0 Å². The third-order valence-electron chi connectivity index (χ3n) is 3.41. The van der Waals surface area contributed by atoms with Gasteiger partial charge >= 0.3 is 5.00 Å². The number of nitrogens with one attached hydrogen (secondary N) is 1. The van der Waals surface area contributed by atoms with Gasteiger partial charge < -0.3 is 4.74 Å². The molecule has 0 saturated carbocycles. The van der Waals surface area contributed by atoms with Gasteiger partial charge in [-0.25, -0.2) is 4.98 Å². The molecule has 1 aromatic carbocycles. The molecule has 4 rings (SSSR count). The fraction of sp³-hybridized carbons (Fsp3) is 0.0667. The van der Waals surface area contributed by atoms with Crippen LogP contribution in [0.15, 0.2) is 36.4 Å². The first-order valence-corrected chi connectivity index (χ1v) is 8.52. The van der Waals surface area contributed by atoms with E-state index < -0.39 is 10.8 Å². The number of amides is 1. The van der Waals surface area contributed by atoms with Crippen LogP contribution in [0, 0.1) is 10.1 Å². The topological polar surface area (TPSA) is 94.4 Å². The zero-order valence-corrected chi connectivity index (χ0v) is 13.6. The van der Waals surface area contributed by atoms with E-state index in [2.05, 4.69) is 10.3 Å². The molecule has 0 saturated heterocycles. The number of thiophene rings is 1. The van der Waals surface area contributed by atoms with E-state index in [1.807, 2.05) is 24.3 Å². The van der Waals surface area contributed by atoms with Gasteiger partial charge in [0.15, 0.2) is 5.13 Å². The number of rotatable bonds is 3. The molecular weight excluding hydrogens is 350 g/mol. The number of thiazole rings is 1. The average Bonchev–Trinajstić information content (AvgIpc) is 3.21. The Hall–Kier alpha value is -2.78. The molecule has 1 aliphatic heterocycles. The van der Waals surface area contributed by atoms with Gasteiger partial charge in [-0.2, -0.15) is 0 Å². The molecule has 1 aliphatic rings. The van der Waals surface area contributed by atoms with E-state index in [1.54, 1.807) is 0 Å². The predicted octanol–water partition coefficient (Wildman–Crippen LogP) is 3.92. The summed E-state index contributed by atoms with van der Waals surface area (Å²) in [5.74, 6) is 0.357. The van der Waals surface area contributed by atoms with Gasteiger partial charge in [0, 0.05) is 11.6 Å². The minimum atomic E-state index is -0.516. The minimum absolute atomic E-state index is 0.0686. The summed E-state index contributed by atoms with van der Waals surface area (Å²) in [6.45, 7) is 0.407. The number of ether oxygens (including phenoxy) is 1. The highest BCUT2D eigenvalue weighted by Gasteiger charge is 2.23. The van der Waals surface area contributed by atoms with Crippen molar-refractivity contribution in [1.29, 1.82) is 0 Å². The summed E-state index contributed by atoms with van der Waals surface area (Å²) in [5.41, 5.74) is 1.69. The quantitative estimate of drug-likeness (QED) is 0.565. The van der Waals surface area contributed by atoms with Crippen LogP contribution in [0.5, 0.6) is 5.75 Å². The van der Waals surface area contributed by atoms with E-state index in [0.29, 0.717) is 11.7 Å². The molecule has 24 heavy (non-hydrogen) atoms. The number of nitro groups is 1. The largest absolute Gasteiger partial charge is 0.487 e. The molecule has 2 aromatic heterocycles. The fourth-order valence-corrected chi connectivity index (χ4v) is 3.95. The Balaban J connectivity index is 1.59. The summed E-state index contributed by atoms with van der Waals surface area (Å²) in [6, 6.07) is 10.3. The maximum absolute atomic E-state index is 12.2. The second-order valence-electron chi connectivity index (χ2n) is 4.92. The van der Waals surface area contributed by atoms with Gasteiger partial charge in [0.25, 0.3) is 5.91 Å². The van der Waals surface area contributed by atoms with Crippen molar-refractivity contribution < 1.29 is 14.5 Å². The highest BCUT2D eigenvalue weighted by atomic mass is 32.1. The Morgan fingerprint density at radius 3 is 2.88 bits per heavy atom. The summed E-state index contributed by atoms with van der Waals surface area (Å²) in [5, 5.41) is 13.8. The van der Waals surface area contributed by atoms with Gasteiger partial charge in [0.1, 0.15) is 12.4 Å². The fourth-order valence-electron chi connectivity index (χ4n) is 2.35. The monoisotopic (exact) mass is 359 g/mol. The van der Waals surface area contributed by atoms with Crippen molar-refractivity contribution in [3.63, 3.8) is 0 Å².